The molecule has 2 N–H and O–H groups in total. The van der Waals surface area contributed by atoms with Gasteiger partial charge in [0.2, 0.25) is 0 Å². The standard InChI is InChI=1S/C18H22BrNO2/c1-13-4-3-5-15(8-13)12-22-18-7-6-17(19)9-16(18)11-20-10-14(2)21/h3-9,14,20-21H,10-12H2,1-2H3. The van der Waals surface area contributed by atoms with E-state index in [1.165, 1.54) is 5.56 Å². The summed E-state index contributed by atoms with van der Waals surface area (Å²) in [6, 6.07) is 14.3. The molecular weight excluding hydrogens is 342 g/mol. The van der Waals surface area contributed by atoms with Crippen LogP contribution in [0.15, 0.2) is 46.9 Å². The summed E-state index contributed by atoms with van der Waals surface area (Å²) in [5.74, 6) is 0.864. The lowest BCUT2D eigenvalue weighted by molar-refractivity contribution is 0.190. The van der Waals surface area contributed by atoms with Crippen molar-refractivity contribution in [3.05, 3.63) is 63.6 Å². The zero-order valence-electron chi connectivity index (χ0n) is 13.0. The van der Waals surface area contributed by atoms with E-state index in [0.29, 0.717) is 19.7 Å². The molecule has 22 heavy (non-hydrogen) atoms. The molecule has 2 aromatic rings. The minimum Gasteiger partial charge on any atom is -0.489 e. The molecule has 0 bridgehead atoms. The van der Waals surface area contributed by atoms with Crippen molar-refractivity contribution in [2.45, 2.75) is 33.1 Å². The molecular formula is C18H22BrNO2. The molecule has 0 aliphatic heterocycles. The lowest BCUT2D eigenvalue weighted by Crippen LogP contribution is -2.24. The SMILES string of the molecule is Cc1cccc(COc2ccc(Br)cc2CNCC(C)O)c1. The van der Waals surface area contributed by atoms with Crippen LogP contribution in [0.4, 0.5) is 0 Å². The molecule has 0 aliphatic carbocycles. The first-order valence-corrected chi connectivity index (χ1v) is 8.19. The molecule has 0 spiro atoms. The second-order valence-corrected chi connectivity index (χ2v) is 6.43. The van der Waals surface area contributed by atoms with Crippen LogP contribution < -0.4 is 10.1 Å². The average molecular weight is 364 g/mol. The van der Waals surface area contributed by atoms with Gasteiger partial charge >= 0.3 is 0 Å². The maximum atomic E-state index is 9.33. The van der Waals surface area contributed by atoms with Crippen molar-refractivity contribution in [1.29, 1.82) is 0 Å². The second kappa shape index (κ2) is 8.32. The van der Waals surface area contributed by atoms with Gasteiger partial charge in [-0.1, -0.05) is 45.8 Å². The molecule has 0 aliphatic rings. The third-order valence-electron chi connectivity index (χ3n) is 3.25. The maximum absolute atomic E-state index is 9.33. The molecule has 0 saturated heterocycles. The van der Waals surface area contributed by atoms with Gasteiger partial charge in [0.05, 0.1) is 6.10 Å². The summed E-state index contributed by atoms with van der Waals surface area (Å²) in [5.41, 5.74) is 3.46. The van der Waals surface area contributed by atoms with E-state index in [1.807, 2.05) is 24.3 Å². The molecule has 1 atom stereocenters. The number of rotatable bonds is 7. The number of aliphatic hydroxyl groups is 1. The summed E-state index contributed by atoms with van der Waals surface area (Å²) in [6.07, 6.45) is -0.358. The molecule has 2 rings (SSSR count). The summed E-state index contributed by atoms with van der Waals surface area (Å²) in [6.45, 7) is 5.61. The van der Waals surface area contributed by atoms with Crippen molar-refractivity contribution in [1.82, 2.24) is 5.32 Å². The third-order valence-corrected chi connectivity index (χ3v) is 3.75. The van der Waals surface area contributed by atoms with Crippen molar-refractivity contribution in [3.63, 3.8) is 0 Å². The Kier molecular flexibility index (Phi) is 6.43. The number of benzene rings is 2. The highest BCUT2D eigenvalue weighted by Crippen LogP contribution is 2.24. The minimum atomic E-state index is -0.358. The monoisotopic (exact) mass is 363 g/mol. The molecule has 1 unspecified atom stereocenters. The molecule has 118 valence electrons. The van der Waals surface area contributed by atoms with E-state index in [-0.39, 0.29) is 6.10 Å². The van der Waals surface area contributed by atoms with Crippen LogP contribution in [0.2, 0.25) is 0 Å². The number of ether oxygens (including phenoxy) is 1. The van der Waals surface area contributed by atoms with Gasteiger partial charge in [0.1, 0.15) is 12.4 Å². The van der Waals surface area contributed by atoms with E-state index in [0.717, 1.165) is 21.3 Å². The predicted octanol–water partition coefficient (Wildman–Crippen LogP) is 3.81. The van der Waals surface area contributed by atoms with Gasteiger partial charge in [0.15, 0.2) is 0 Å². The molecule has 0 heterocycles. The molecule has 0 amide bonds. The fourth-order valence-electron chi connectivity index (χ4n) is 2.21. The van der Waals surface area contributed by atoms with E-state index < -0.39 is 0 Å². The predicted molar refractivity (Wildman–Crippen MR) is 93.0 cm³/mol. The van der Waals surface area contributed by atoms with Gasteiger partial charge in [-0.15, -0.1) is 0 Å². The van der Waals surface area contributed by atoms with Gasteiger partial charge in [-0.2, -0.15) is 0 Å². The highest BCUT2D eigenvalue weighted by atomic mass is 79.9. The molecule has 4 heteroatoms. The first kappa shape index (κ1) is 17.0. The zero-order valence-corrected chi connectivity index (χ0v) is 14.6. The Hall–Kier alpha value is -1.36. The Morgan fingerprint density at radius 3 is 2.77 bits per heavy atom. The fraction of sp³-hybridized carbons (Fsp3) is 0.333. The summed E-state index contributed by atoms with van der Waals surface area (Å²) >= 11 is 3.49. The first-order chi connectivity index (χ1) is 10.5. The van der Waals surface area contributed by atoms with Crippen LogP contribution >= 0.6 is 15.9 Å². The molecule has 0 radical (unpaired) electrons. The van der Waals surface area contributed by atoms with Gasteiger partial charge in [0.25, 0.3) is 0 Å². The van der Waals surface area contributed by atoms with Gasteiger partial charge in [-0.05, 0) is 37.6 Å². The van der Waals surface area contributed by atoms with Crippen LogP contribution in [-0.4, -0.2) is 17.8 Å². The molecule has 3 nitrogen and oxygen atoms in total. The summed E-state index contributed by atoms with van der Waals surface area (Å²) in [4.78, 5) is 0. The fourth-order valence-corrected chi connectivity index (χ4v) is 2.61. The van der Waals surface area contributed by atoms with Gasteiger partial charge in [0, 0.05) is 23.1 Å². The maximum Gasteiger partial charge on any atom is 0.124 e. The molecule has 0 saturated carbocycles. The second-order valence-electron chi connectivity index (χ2n) is 5.51. The topological polar surface area (TPSA) is 41.5 Å². The van der Waals surface area contributed by atoms with E-state index in [9.17, 15) is 5.11 Å². The Balaban J connectivity index is 2.03. The van der Waals surface area contributed by atoms with Crippen molar-refractivity contribution in [2.24, 2.45) is 0 Å². The van der Waals surface area contributed by atoms with Crippen LogP contribution in [0.25, 0.3) is 0 Å². The number of aryl methyl sites for hydroxylation is 1. The molecule has 0 aromatic heterocycles. The summed E-state index contributed by atoms with van der Waals surface area (Å²) < 4.78 is 6.99. The third kappa shape index (κ3) is 5.44. The minimum absolute atomic E-state index is 0.358. The largest absolute Gasteiger partial charge is 0.489 e. The number of hydrogen-bond acceptors (Lipinski definition) is 3. The van der Waals surface area contributed by atoms with Crippen LogP contribution in [0.3, 0.4) is 0 Å². The lowest BCUT2D eigenvalue weighted by atomic mass is 10.1. The number of halogens is 1. The van der Waals surface area contributed by atoms with Crippen LogP contribution in [0.1, 0.15) is 23.6 Å². The normalized spacial score (nSPS) is 12.2. The van der Waals surface area contributed by atoms with Crippen LogP contribution in [0.5, 0.6) is 5.75 Å². The highest BCUT2D eigenvalue weighted by Gasteiger charge is 2.06. The van der Waals surface area contributed by atoms with Gasteiger partial charge in [-0.25, -0.2) is 0 Å². The Bertz CT molecular complexity index is 614. The quantitative estimate of drug-likeness (QED) is 0.785. The van der Waals surface area contributed by atoms with E-state index in [2.05, 4.69) is 46.4 Å². The zero-order chi connectivity index (χ0) is 15.9. The van der Waals surface area contributed by atoms with E-state index in [4.69, 9.17) is 4.74 Å². The van der Waals surface area contributed by atoms with Crippen molar-refractivity contribution < 1.29 is 9.84 Å². The first-order valence-electron chi connectivity index (χ1n) is 7.40. The van der Waals surface area contributed by atoms with Crippen LogP contribution in [-0.2, 0) is 13.2 Å². The van der Waals surface area contributed by atoms with Gasteiger partial charge in [-0.3, -0.25) is 0 Å². The van der Waals surface area contributed by atoms with Crippen molar-refractivity contribution in [2.75, 3.05) is 6.54 Å². The average Bonchev–Trinajstić information content (AvgIpc) is 2.46. The van der Waals surface area contributed by atoms with E-state index >= 15 is 0 Å². The van der Waals surface area contributed by atoms with Crippen molar-refractivity contribution >= 4 is 15.9 Å². The molecule has 2 aromatic carbocycles. The highest BCUT2D eigenvalue weighted by molar-refractivity contribution is 9.10. The van der Waals surface area contributed by atoms with Crippen LogP contribution in [0, 0.1) is 6.92 Å². The Morgan fingerprint density at radius 1 is 1.23 bits per heavy atom. The van der Waals surface area contributed by atoms with E-state index in [1.54, 1.807) is 6.92 Å². The summed E-state index contributed by atoms with van der Waals surface area (Å²) in [5, 5.41) is 12.6. The lowest BCUT2D eigenvalue weighted by Gasteiger charge is -2.14. The molecule has 0 fully saturated rings. The number of hydrogen-bond donors (Lipinski definition) is 2. The smallest absolute Gasteiger partial charge is 0.124 e. The Labute approximate surface area is 140 Å². The number of aliphatic hydroxyl groups excluding tert-OH is 1. The van der Waals surface area contributed by atoms with Gasteiger partial charge < -0.3 is 15.2 Å². The van der Waals surface area contributed by atoms with Crippen molar-refractivity contribution in [3.8, 4) is 5.75 Å². The Morgan fingerprint density at radius 2 is 2.05 bits per heavy atom. The number of nitrogens with one attached hydrogen (secondary N) is 1. The summed E-state index contributed by atoms with van der Waals surface area (Å²) in [7, 11) is 0.